The zero-order valence-electron chi connectivity index (χ0n) is 13.8. The summed E-state index contributed by atoms with van der Waals surface area (Å²) >= 11 is 0. The average molecular weight is 309 g/mol. The van der Waals surface area contributed by atoms with E-state index in [4.69, 9.17) is 19.9 Å². The number of benzene rings is 1. The van der Waals surface area contributed by atoms with E-state index in [0.29, 0.717) is 29.2 Å². The topological polar surface area (TPSA) is 70.8 Å². The number of methoxy groups -OCH3 is 3. The van der Waals surface area contributed by atoms with E-state index in [2.05, 4.69) is 0 Å². The highest BCUT2D eigenvalue weighted by Crippen LogP contribution is 2.38. The first kappa shape index (κ1) is 18.3. The van der Waals surface area contributed by atoms with Gasteiger partial charge in [-0.2, -0.15) is 0 Å². The molecule has 22 heavy (non-hydrogen) atoms. The highest BCUT2D eigenvalue weighted by atomic mass is 16.5. The van der Waals surface area contributed by atoms with Gasteiger partial charge in [0.25, 0.3) is 0 Å². The minimum Gasteiger partial charge on any atom is -0.493 e. The van der Waals surface area contributed by atoms with Crippen molar-refractivity contribution >= 4 is 5.78 Å². The minimum absolute atomic E-state index is 0.0954. The zero-order chi connectivity index (χ0) is 16.4. The minimum atomic E-state index is 0.0954. The van der Waals surface area contributed by atoms with Crippen LogP contribution in [0.15, 0.2) is 12.1 Å². The molecule has 0 heterocycles. The second kappa shape index (κ2) is 10.1. The van der Waals surface area contributed by atoms with Crippen LogP contribution >= 0.6 is 0 Å². The summed E-state index contributed by atoms with van der Waals surface area (Å²) in [4.78, 5) is 12.3. The van der Waals surface area contributed by atoms with Crippen molar-refractivity contribution in [2.75, 3.05) is 27.9 Å². The molecule has 0 aliphatic heterocycles. The van der Waals surface area contributed by atoms with Crippen molar-refractivity contribution in [1.82, 2.24) is 0 Å². The van der Waals surface area contributed by atoms with Gasteiger partial charge in [0.2, 0.25) is 5.75 Å². The number of hydrogen-bond acceptors (Lipinski definition) is 5. The number of nitrogens with two attached hydrogens (primary N) is 1. The zero-order valence-corrected chi connectivity index (χ0v) is 13.8. The molecule has 0 aliphatic carbocycles. The Labute approximate surface area is 132 Å². The molecule has 0 amide bonds. The molecule has 1 aromatic carbocycles. The number of carbonyl (C=O) groups is 1. The standard InChI is InChI=1S/C17H27NO4/c1-20-15-11-13(12-16(21-2)17(15)22-3)14(19)9-7-5-4-6-8-10-18/h11-12H,4-10,18H2,1-3H3. The molecule has 1 rings (SSSR count). The van der Waals surface area contributed by atoms with Crippen molar-refractivity contribution in [2.24, 2.45) is 5.73 Å². The van der Waals surface area contributed by atoms with E-state index in [9.17, 15) is 4.79 Å². The van der Waals surface area contributed by atoms with E-state index < -0.39 is 0 Å². The van der Waals surface area contributed by atoms with Gasteiger partial charge in [0.15, 0.2) is 17.3 Å². The van der Waals surface area contributed by atoms with E-state index in [1.807, 2.05) is 0 Å². The predicted octanol–water partition coefficient (Wildman–Crippen LogP) is 3.19. The van der Waals surface area contributed by atoms with Gasteiger partial charge in [-0.05, 0) is 31.5 Å². The lowest BCUT2D eigenvalue weighted by atomic mass is 10.0. The monoisotopic (exact) mass is 309 g/mol. The molecule has 0 atom stereocenters. The number of Topliss-reactive ketones (excluding diaryl/α,β-unsaturated/α-hetero) is 1. The van der Waals surface area contributed by atoms with Crippen molar-refractivity contribution in [3.05, 3.63) is 17.7 Å². The van der Waals surface area contributed by atoms with Crippen LogP contribution in [0.3, 0.4) is 0 Å². The third kappa shape index (κ3) is 5.22. The molecule has 0 saturated carbocycles. The molecule has 124 valence electrons. The lowest BCUT2D eigenvalue weighted by Gasteiger charge is -2.13. The molecule has 0 bridgehead atoms. The summed E-state index contributed by atoms with van der Waals surface area (Å²) in [6.45, 7) is 0.740. The number of unbranched alkanes of at least 4 members (excludes halogenated alkanes) is 4. The molecule has 0 fully saturated rings. The Morgan fingerprint density at radius 1 is 0.909 bits per heavy atom. The highest BCUT2D eigenvalue weighted by molar-refractivity contribution is 5.97. The normalized spacial score (nSPS) is 10.4. The number of hydrogen-bond donors (Lipinski definition) is 1. The van der Waals surface area contributed by atoms with Crippen molar-refractivity contribution in [3.8, 4) is 17.2 Å². The van der Waals surface area contributed by atoms with Crippen LogP contribution in [0.1, 0.15) is 48.9 Å². The van der Waals surface area contributed by atoms with Gasteiger partial charge in [-0.3, -0.25) is 4.79 Å². The average Bonchev–Trinajstić information content (AvgIpc) is 2.56. The van der Waals surface area contributed by atoms with Gasteiger partial charge in [0.1, 0.15) is 0 Å². The van der Waals surface area contributed by atoms with Gasteiger partial charge in [0.05, 0.1) is 21.3 Å². The Hall–Kier alpha value is -1.75. The van der Waals surface area contributed by atoms with Crippen molar-refractivity contribution in [3.63, 3.8) is 0 Å². The largest absolute Gasteiger partial charge is 0.493 e. The number of carbonyl (C=O) groups excluding carboxylic acids is 1. The van der Waals surface area contributed by atoms with Crippen LogP contribution in [0.5, 0.6) is 17.2 Å². The molecule has 5 heteroatoms. The van der Waals surface area contributed by atoms with Crippen LogP contribution in [-0.2, 0) is 0 Å². The third-order valence-electron chi connectivity index (χ3n) is 3.59. The van der Waals surface area contributed by atoms with E-state index in [1.165, 1.54) is 0 Å². The van der Waals surface area contributed by atoms with Crippen molar-refractivity contribution in [1.29, 1.82) is 0 Å². The number of ketones is 1. The fraction of sp³-hybridized carbons (Fsp3) is 0.588. The third-order valence-corrected chi connectivity index (χ3v) is 3.59. The maximum Gasteiger partial charge on any atom is 0.203 e. The quantitative estimate of drug-likeness (QED) is 0.502. The highest BCUT2D eigenvalue weighted by Gasteiger charge is 2.16. The van der Waals surface area contributed by atoms with Crippen LogP contribution < -0.4 is 19.9 Å². The van der Waals surface area contributed by atoms with Gasteiger partial charge in [-0.1, -0.05) is 19.3 Å². The molecule has 0 unspecified atom stereocenters. The first-order valence-electron chi connectivity index (χ1n) is 7.71. The fourth-order valence-corrected chi connectivity index (χ4v) is 2.35. The van der Waals surface area contributed by atoms with Crippen molar-refractivity contribution in [2.45, 2.75) is 38.5 Å². The van der Waals surface area contributed by atoms with Gasteiger partial charge in [0, 0.05) is 12.0 Å². The molecule has 0 aliphatic rings. The Morgan fingerprint density at radius 3 is 1.95 bits per heavy atom. The maximum absolute atomic E-state index is 12.3. The summed E-state index contributed by atoms with van der Waals surface area (Å²) in [6.07, 6.45) is 5.78. The summed E-state index contributed by atoms with van der Waals surface area (Å²) < 4.78 is 15.8. The predicted molar refractivity (Wildman–Crippen MR) is 87.2 cm³/mol. The molecule has 5 nitrogen and oxygen atoms in total. The second-order valence-corrected chi connectivity index (χ2v) is 5.14. The summed E-state index contributed by atoms with van der Waals surface area (Å²) in [5, 5.41) is 0. The molecule has 0 radical (unpaired) electrons. The lowest BCUT2D eigenvalue weighted by Crippen LogP contribution is -2.03. The molecular weight excluding hydrogens is 282 g/mol. The Kier molecular flexibility index (Phi) is 8.36. The second-order valence-electron chi connectivity index (χ2n) is 5.14. The van der Waals surface area contributed by atoms with Crippen LogP contribution in [0.4, 0.5) is 0 Å². The first-order valence-corrected chi connectivity index (χ1v) is 7.71. The van der Waals surface area contributed by atoms with E-state index in [0.717, 1.165) is 38.6 Å². The molecule has 0 spiro atoms. The molecular formula is C17H27NO4. The van der Waals surface area contributed by atoms with E-state index in [1.54, 1.807) is 33.5 Å². The smallest absolute Gasteiger partial charge is 0.203 e. The molecule has 0 saturated heterocycles. The SMILES string of the molecule is COc1cc(C(=O)CCCCCCCN)cc(OC)c1OC. The van der Waals surface area contributed by atoms with Crippen LogP contribution in [0.25, 0.3) is 0 Å². The Morgan fingerprint density at radius 2 is 1.45 bits per heavy atom. The Bertz CT molecular complexity index is 449. The van der Waals surface area contributed by atoms with E-state index in [-0.39, 0.29) is 5.78 Å². The first-order chi connectivity index (χ1) is 10.7. The van der Waals surface area contributed by atoms with Gasteiger partial charge in [-0.25, -0.2) is 0 Å². The van der Waals surface area contributed by atoms with Crippen LogP contribution in [0, 0.1) is 0 Å². The molecule has 2 N–H and O–H groups in total. The van der Waals surface area contributed by atoms with Crippen molar-refractivity contribution < 1.29 is 19.0 Å². The molecule has 1 aromatic rings. The number of rotatable bonds is 11. The van der Waals surface area contributed by atoms with Crippen LogP contribution in [-0.4, -0.2) is 33.7 Å². The lowest BCUT2D eigenvalue weighted by molar-refractivity contribution is 0.0978. The number of ether oxygens (including phenoxy) is 3. The van der Waals surface area contributed by atoms with Crippen LogP contribution in [0.2, 0.25) is 0 Å². The van der Waals surface area contributed by atoms with E-state index >= 15 is 0 Å². The molecule has 0 aromatic heterocycles. The maximum atomic E-state index is 12.3. The van der Waals surface area contributed by atoms with Gasteiger partial charge < -0.3 is 19.9 Å². The summed E-state index contributed by atoms with van der Waals surface area (Å²) in [7, 11) is 4.63. The van der Waals surface area contributed by atoms with Gasteiger partial charge >= 0.3 is 0 Å². The summed E-state index contributed by atoms with van der Waals surface area (Å²) in [5.41, 5.74) is 6.05. The van der Waals surface area contributed by atoms with Gasteiger partial charge in [-0.15, -0.1) is 0 Å². The summed E-state index contributed by atoms with van der Waals surface area (Å²) in [5.74, 6) is 1.61. The fourth-order valence-electron chi connectivity index (χ4n) is 2.35. The summed E-state index contributed by atoms with van der Waals surface area (Å²) in [6, 6.07) is 3.41. The Balaban J connectivity index is 2.65.